The van der Waals surface area contributed by atoms with Crippen molar-refractivity contribution in [3.63, 3.8) is 0 Å². The lowest BCUT2D eigenvalue weighted by Gasteiger charge is -2.13. The molecule has 6 nitrogen and oxygen atoms in total. The number of anilines is 2. The molecule has 0 aromatic heterocycles. The molecule has 0 spiro atoms. The molecule has 0 heterocycles. The molecular formula is C22H22N2O4. The zero-order valence-corrected chi connectivity index (χ0v) is 15.7. The van der Waals surface area contributed by atoms with Crippen LogP contribution in [0.15, 0.2) is 66.7 Å². The van der Waals surface area contributed by atoms with E-state index in [1.165, 1.54) is 7.11 Å². The largest absolute Gasteiger partial charge is 0.479 e. The van der Waals surface area contributed by atoms with Crippen LogP contribution in [0, 0.1) is 0 Å². The van der Waals surface area contributed by atoms with E-state index in [0.717, 1.165) is 11.1 Å². The minimum Gasteiger partial charge on any atom is -0.479 e. The average Bonchev–Trinajstić information content (AvgIpc) is 2.70. The van der Waals surface area contributed by atoms with Gasteiger partial charge in [-0.1, -0.05) is 24.3 Å². The third kappa shape index (κ3) is 4.54. The van der Waals surface area contributed by atoms with Crippen molar-refractivity contribution >= 4 is 17.3 Å². The van der Waals surface area contributed by atoms with Crippen LogP contribution < -0.4 is 20.9 Å². The van der Waals surface area contributed by atoms with Gasteiger partial charge in [0.05, 0.1) is 12.8 Å². The zero-order valence-electron chi connectivity index (χ0n) is 15.7. The summed E-state index contributed by atoms with van der Waals surface area (Å²) in [6, 6.07) is 20.3. The third-order valence-corrected chi connectivity index (χ3v) is 4.15. The Labute approximate surface area is 163 Å². The first-order chi connectivity index (χ1) is 13.5. The van der Waals surface area contributed by atoms with E-state index in [-0.39, 0.29) is 0 Å². The predicted octanol–water partition coefficient (Wildman–Crippen LogP) is 4.25. The lowest BCUT2D eigenvalue weighted by atomic mass is 10.1. The van der Waals surface area contributed by atoms with Gasteiger partial charge in [-0.3, -0.25) is 0 Å². The molecule has 3 rings (SSSR count). The van der Waals surface area contributed by atoms with E-state index in [1.54, 1.807) is 25.1 Å². The smallest absolute Gasteiger partial charge is 0.346 e. The van der Waals surface area contributed by atoms with Gasteiger partial charge in [0.15, 0.2) is 6.10 Å². The van der Waals surface area contributed by atoms with Gasteiger partial charge in [0.1, 0.15) is 17.2 Å². The van der Waals surface area contributed by atoms with Crippen LogP contribution in [0.3, 0.4) is 0 Å². The van der Waals surface area contributed by atoms with Gasteiger partial charge in [-0.05, 0) is 60.5 Å². The number of carbonyl (C=O) groups is 1. The van der Waals surface area contributed by atoms with Crippen LogP contribution in [0.4, 0.5) is 11.4 Å². The molecule has 0 aliphatic carbocycles. The van der Waals surface area contributed by atoms with Gasteiger partial charge >= 0.3 is 5.97 Å². The second kappa shape index (κ2) is 8.35. The topological polar surface area (TPSA) is 96.8 Å². The van der Waals surface area contributed by atoms with Crippen LogP contribution in [0.5, 0.6) is 17.2 Å². The summed E-state index contributed by atoms with van der Waals surface area (Å²) in [5.41, 5.74) is 14.7. The summed E-state index contributed by atoms with van der Waals surface area (Å²) in [6.45, 7) is 1.65. The van der Waals surface area contributed by atoms with Crippen molar-refractivity contribution in [1.29, 1.82) is 0 Å². The number of nitrogen functional groups attached to an aromatic ring is 2. The molecule has 0 amide bonds. The van der Waals surface area contributed by atoms with Crippen molar-refractivity contribution in [3.8, 4) is 28.4 Å². The van der Waals surface area contributed by atoms with Gasteiger partial charge in [0.2, 0.25) is 0 Å². The first-order valence-electron chi connectivity index (χ1n) is 8.74. The van der Waals surface area contributed by atoms with Crippen LogP contribution in [0.2, 0.25) is 0 Å². The van der Waals surface area contributed by atoms with Crippen molar-refractivity contribution in [1.82, 2.24) is 0 Å². The van der Waals surface area contributed by atoms with Crippen LogP contribution >= 0.6 is 0 Å². The van der Waals surface area contributed by atoms with Crippen LogP contribution in [-0.4, -0.2) is 19.2 Å². The molecule has 0 saturated carbocycles. The SMILES string of the molecule is COC(=O)[C@@H](C)Oc1ccc(-c2ccc(Oc3ccc(N)cc3N)cc2)cc1. The number of nitrogens with two attached hydrogens (primary N) is 2. The van der Waals surface area contributed by atoms with Crippen LogP contribution in [0.25, 0.3) is 11.1 Å². The predicted molar refractivity (Wildman–Crippen MR) is 109 cm³/mol. The van der Waals surface area contributed by atoms with E-state index in [9.17, 15) is 4.79 Å². The minimum absolute atomic E-state index is 0.415. The summed E-state index contributed by atoms with van der Waals surface area (Å²) in [5.74, 6) is 1.41. The van der Waals surface area contributed by atoms with E-state index in [1.807, 2.05) is 48.5 Å². The highest BCUT2D eigenvalue weighted by atomic mass is 16.6. The lowest BCUT2D eigenvalue weighted by molar-refractivity contribution is -0.147. The number of carbonyl (C=O) groups excluding carboxylic acids is 1. The van der Waals surface area contributed by atoms with E-state index >= 15 is 0 Å². The fourth-order valence-electron chi connectivity index (χ4n) is 2.65. The fourth-order valence-corrected chi connectivity index (χ4v) is 2.65. The summed E-state index contributed by atoms with van der Waals surface area (Å²) >= 11 is 0. The Morgan fingerprint density at radius 3 is 1.96 bits per heavy atom. The standard InChI is InChI=1S/C22H22N2O4/c1-14(22(25)26-2)27-18-8-3-15(4-9-18)16-5-10-19(11-6-16)28-21-12-7-17(23)13-20(21)24/h3-14H,23-24H2,1-2H3/t14-/m1/s1. The Hall–Kier alpha value is -3.67. The molecule has 0 aliphatic rings. The summed E-state index contributed by atoms with van der Waals surface area (Å²) in [7, 11) is 1.33. The molecule has 0 unspecified atom stereocenters. The van der Waals surface area contributed by atoms with Crippen molar-refractivity contribution in [3.05, 3.63) is 66.7 Å². The lowest BCUT2D eigenvalue weighted by Crippen LogP contribution is -2.24. The number of esters is 1. The quantitative estimate of drug-likeness (QED) is 0.492. The van der Waals surface area contributed by atoms with Crippen LogP contribution in [-0.2, 0) is 9.53 Å². The Bertz CT molecular complexity index is 953. The Kier molecular flexibility index (Phi) is 5.69. The molecule has 3 aromatic carbocycles. The molecular weight excluding hydrogens is 356 g/mol. The highest BCUT2D eigenvalue weighted by Gasteiger charge is 2.14. The molecule has 144 valence electrons. The monoisotopic (exact) mass is 378 g/mol. The molecule has 0 bridgehead atoms. The molecule has 6 heteroatoms. The normalized spacial score (nSPS) is 11.5. The molecule has 1 atom stereocenters. The Morgan fingerprint density at radius 1 is 0.857 bits per heavy atom. The van der Waals surface area contributed by atoms with Crippen LogP contribution in [0.1, 0.15) is 6.92 Å². The first-order valence-corrected chi connectivity index (χ1v) is 8.74. The van der Waals surface area contributed by atoms with E-state index in [4.69, 9.17) is 20.9 Å². The highest BCUT2D eigenvalue weighted by Crippen LogP contribution is 2.31. The van der Waals surface area contributed by atoms with E-state index < -0.39 is 12.1 Å². The number of rotatable bonds is 6. The summed E-state index contributed by atoms with van der Waals surface area (Å²) < 4.78 is 16.0. The molecule has 0 fully saturated rings. The van der Waals surface area contributed by atoms with Gasteiger partial charge < -0.3 is 25.7 Å². The van der Waals surface area contributed by atoms with E-state index in [2.05, 4.69) is 4.74 Å². The second-order valence-electron chi connectivity index (χ2n) is 6.23. The van der Waals surface area contributed by atoms with Gasteiger partial charge in [0.25, 0.3) is 0 Å². The molecule has 28 heavy (non-hydrogen) atoms. The van der Waals surface area contributed by atoms with Gasteiger partial charge in [0, 0.05) is 5.69 Å². The molecule has 0 radical (unpaired) electrons. The minimum atomic E-state index is -0.659. The zero-order chi connectivity index (χ0) is 20.1. The molecule has 4 N–H and O–H groups in total. The number of hydrogen-bond acceptors (Lipinski definition) is 6. The maximum atomic E-state index is 11.4. The number of benzene rings is 3. The maximum Gasteiger partial charge on any atom is 0.346 e. The summed E-state index contributed by atoms with van der Waals surface area (Å²) in [4.78, 5) is 11.4. The third-order valence-electron chi connectivity index (χ3n) is 4.15. The average molecular weight is 378 g/mol. The van der Waals surface area contributed by atoms with Gasteiger partial charge in [-0.15, -0.1) is 0 Å². The van der Waals surface area contributed by atoms with Crippen molar-refractivity contribution in [2.45, 2.75) is 13.0 Å². The van der Waals surface area contributed by atoms with Gasteiger partial charge in [-0.25, -0.2) is 4.79 Å². The second-order valence-corrected chi connectivity index (χ2v) is 6.23. The molecule has 3 aromatic rings. The summed E-state index contributed by atoms with van der Waals surface area (Å²) in [5, 5.41) is 0. The van der Waals surface area contributed by atoms with Crippen molar-refractivity contribution in [2.75, 3.05) is 18.6 Å². The van der Waals surface area contributed by atoms with Crippen molar-refractivity contribution in [2.24, 2.45) is 0 Å². The molecule has 0 saturated heterocycles. The Morgan fingerprint density at radius 2 is 1.43 bits per heavy atom. The number of methoxy groups -OCH3 is 1. The van der Waals surface area contributed by atoms with Gasteiger partial charge in [-0.2, -0.15) is 0 Å². The van der Waals surface area contributed by atoms with E-state index in [0.29, 0.717) is 28.6 Å². The van der Waals surface area contributed by atoms with Crippen molar-refractivity contribution < 1.29 is 19.0 Å². The number of hydrogen-bond donors (Lipinski definition) is 2. The maximum absolute atomic E-state index is 11.4. The summed E-state index contributed by atoms with van der Waals surface area (Å²) in [6.07, 6.45) is -0.659. The molecule has 0 aliphatic heterocycles. The highest BCUT2D eigenvalue weighted by molar-refractivity contribution is 5.74. The fraction of sp³-hybridized carbons (Fsp3) is 0.136. The Balaban J connectivity index is 1.68. The number of ether oxygens (including phenoxy) is 3. The first kappa shape index (κ1) is 19.1.